The molecule has 2 N–H and O–H groups in total. The van der Waals surface area contributed by atoms with Crippen molar-refractivity contribution in [2.45, 2.75) is 0 Å². The Hall–Kier alpha value is -3.04. The summed E-state index contributed by atoms with van der Waals surface area (Å²) in [5, 5.41) is 0. The molecule has 2 heterocycles. The topological polar surface area (TPSA) is 91.4 Å². The van der Waals surface area contributed by atoms with Crippen LogP contribution < -0.4 is 10.9 Å². The van der Waals surface area contributed by atoms with Crippen LogP contribution in [0.3, 0.4) is 0 Å². The molecule has 1 saturated heterocycles. The molecule has 1 aliphatic heterocycles. The van der Waals surface area contributed by atoms with Crippen molar-refractivity contribution in [1.82, 2.24) is 20.7 Å². The van der Waals surface area contributed by atoms with Crippen LogP contribution in [0.5, 0.6) is 0 Å². The van der Waals surface area contributed by atoms with Crippen LogP contribution in [0.4, 0.5) is 0 Å². The molecule has 0 saturated carbocycles. The van der Waals surface area contributed by atoms with E-state index >= 15 is 0 Å². The fraction of sp³-hybridized carbons (Fsp3) is 0.0556. The predicted octanol–water partition coefficient (Wildman–Crippen LogP) is 1.74. The van der Waals surface area contributed by atoms with Gasteiger partial charge in [-0.2, -0.15) is 0 Å². The lowest BCUT2D eigenvalue weighted by atomic mass is 10.2. The monoisotopic (exact) mass is 398 g/mol. The summed E-state index contributed by atoms with van der Waals surface area (Å²) in [5.74, 6) is -1.39. The van der Waals surface area contributed by atoms with Crippen molar-refractivity contribution in [1.29, 1.82) is 0 Å². The zero-order valence-electron chi connectivity index (χ0n) is 13.9. The van der Waals surface area contributed by atoms with Crippen LogP contribution in [0.15, 0.2) is 59.8 Å². The SMILES string of the molecule is O=C(CN1C(=O)/C(=C\c2ccccc2)SC1=S)NNC(=O)c1ccncc1. The summed E-state index contributed by atoms with van der Waals surface area (Å²) in [6.07, 6.45) is 4.66. The maximum Gasteiger partial charge on any atom is 0.269 e. The average Bonchev–Trinajstić information content (AvgIpc) is 2.95. The number of hydrogen-bond acceptors (Lipinski definition) is 6. The van der Waals surface area contributed by atoms with Gasteiger partial charge in [-0.15, -0.1) is 0 Å². The number of amides is 3. The number of pyridine rings is 1. The minimum Gasteiger partial charge on any atom is -0.283 e. The number of benzene rings is 1. The Balaban J connectivity index is 1.58. The van der Waals surface area contributed by atoms with E-state index in [0.717, 1.165) is 17.3 Å². The van der Waals surface area contributed by atoms with Crippen LogP contribution in [0, 0.1) is 0 Å². The normalized spacial score (nSPS) is 15.1. The van der Waals surface area contributed by atoms with Crippen LogP contribution in [0.2, 0.25) is 0 Å². The van der Waals surface area contributed by atoms with Crippen LogP contribution in [0.1, 0.15) is 15.9 Å². The first kappa shape index (κ1) is 18.7. The standard InChI is InChI=1S/C18H14N4O3S2/c23-15(20-21-16(24)13-6-8-19-9-7-13)11-22-17(25)14(27-18(22)26)10-12-4-2-1-3-5-12/h1-10H,11H2,(H,20,23)(H,21,24)/b14-10+. The first-order valence-corrected chi connectivity index (χ1v) is 9.06. The number of carbonyl (C=O) groups is 3. The Bertz CT molecular complexity index is 917. The van der Waals surface area contributed by atoms with Crippen molar-refractivity contribution in [2.75, 3.05) is 6.54 Å². The van der Waals surface area contributed by atoms with E-state index in [1.54, 1.807) is 6.08 Å². The average molecular weight is 398 g/mol. The second kappa shape index (κ2) is 8.56. The summed E-state index contributed by atoms with van der Waals surface area (Å²) in [6.45, 7) is -0.284. The summed E-state index contributed by atoms with van der Waals surface area (Å²) >= 11 is 6.33. The van der Waals surface area contributed by atoms with Crippen LogP contribution in [0.25, 0.3) is 6.08 Å². The lowest BCUT2D eigenvalue weighted by Gasteiger charge is -2.14. The number of hydrogen-bond donors (Lipinski definition) is 2. The van der Waals surface area contributed by atoms with E-state index in [9.17, 15) is 14.4 Å². The number of rotatable bonds is 4. The van der Waals surface area contributed by atoms with Crippen LogP contribution in [-0.4, -0.2) is 38.5 Å². The largest absolute Gasteiger partial charge is 0.283 e. The van der Waals surface area contributed by atoms with Gasteiger partial charge in [0.15, 0.2) is 0 Å². The van der Waals surface area contributed by atoms with Gasteiger partial charge in [-0.1, -0.05) is 54.3 Å². The molecule has 0 aliphatic carbocycles. The molecule has 0 unspecified atom stereocenters. The first-order chi connectivity index (χ1) is 13.0. The molecule has 27 heavy (non-hydrogen) atoms. The number of nitrogens with zero attached hydrogens (tertiary/aromatic N) is 2. The Kier molecular flexibility index (Phi) is 5.94. The van der Waals surface area contributed by atoms with Crippen molar-refractivity contribution in [2.24, 2.45) is 0 Å². The summed E-state index contributed by atoms with van der Waals surface area (Å²) in [4.78, 5) is 41.9. The Morgan fingerprint density at radius 3 is 2.52 bits per heavy atom. The molecular weight excluding hydrogens is 384 g/mol. The smallest absolute Gasteiger partial charge is 0.269 e. The maximum absolute atomic E-state index is 12.5. The van der Waals surface area contributed by atoms with Crippen LogP contribution in [-0.2, 0) is 9.59 Å². The van der Waals surface area contributed by atoms with E-state index in [0.29, 0.717) is 10.5 Å². The Morgan fingerprint density at radius 1 is 1.11 bits per heavy atom. The highest BCUT2D eigenvalue weighted by atomic mass is 32.2. The van der Waals surface area contributed by atoms with Gasteiger partial charge in [-0.3, -0.25) is 35.1 Å². The number of hydrazine groups is 1. The number of thioether (sulfide) groups is 1. The minimum atomic E-state index is -0.560. The van der Waals surface area contributed by atoms with Crippen LogP contribution >= 0.6 is 24.0 Å². The zero-order chi connectivity index (χ0) is 19.2. The summed E-state index contributed by atoms with van der Waals surface area (Å²) in [6, 6.07) is 12.4. The van der Waals surface area contributed by atoms with Gasteiger partial charge in [-0.25, -0.2) is 0 Å². The van der Waals surface area contributed by atoms with E-state index in [2.05, 4.69) is 15.8 Å². The van der Waals surface area contributed by atoms with Gasteiger partial charge in [0.2, 0.25) is 0 Å². The third-order valence-electron chi connectivity index (χ3n) is 3.53. The van der Waals surface area contributed by atoms with E-state index in [1.807, 2.05) is 30.3 Å². The molecule has 136 valence electrons. The molecule has 1 aromatic carbocycles. The van der Waals surface area contributed by atoms with E-state index < -0.39 is 11.8 Å². The van der Waals surface area contributed by atoms with Gasteiger partial charge < -0.3 is 0 Å². The molecule has 9 heteroatoms. The molecule has 1 aliphatic rings. The molecular formula is C18H14N4O3S2. The van der Waals surface area contributed by atoms with Crippen molar-refractivity contribution >= 4 is 52.1 Å². The molecule has 0 bridgehead atoms. The third-order valence-corrected chi connectivity index (χ3v) is 4.91. The maximum atomic E-state index is 12.5. The summed E-state index contributed by atoms with van der Waals surface area (Å²) in [7, 11) is 0. The predicted molar refractivity (Wildman–Crippen MR) is 106 cm³/mol. The van der Waals surface area contributed by atoms with Crippen molar-refractivity contribution in [3.05, 3.63) is 70.9 Å². The highest BCUT2D eigenvalue weighted by molar-refractivity contribution is 8.26. The molecule has 1 aromatic heterocycles. The Labute approximate surface area is 164 Å². The number of nitrogens with one attached hydrogen (secondary N) is 2. The van der Waals surface area contributed by atoms with Crippen molar-refractivity contribution in [3.63, 3.8) is 0 Å². The molecule has 0 atom stereocenters. The minimum absolute atomic E-state index is 0.284. The van der Waals surface area contributed by atoms with Gasteiger partial charge in [0.1, 0.15) is 10.9 Å². The van der Waals surface area contributed by atoms with Gasteiger partial charge in [0, 0.05) is 18.0 Å². The molecule has 1 fully saturated rings. The van der Waals surface area contributed by atoms with E-state index in [1.165, 1.54) is 29.4 Å². The quantitative estimate of drug-likeness (QED) is 0.463. The number of carbonyl (C=O) groups excluding carboxylic acids is 3. The fourth-order valence-corrected chi connectivity index (χ4v) is 3.48. The van der Waals surface area contributed by atoms with Crippen molar-refractivity contribution < 1.29 is 14.4 Å². The highest BCUT2D eigenvalue weighted by Gasteiger charge is 2.33. The van der Waals surface area contributed by atoms with Gasteiger partial charge >= 0.3 is 0 Å². The van der Waals surface area contributed by atoms with Crippen molar-refractivity contribution in [3.8, 4) is 0 Å². The zero-order valence-corrected chi connectivity index (χ0v) is 15.5. The first-order valence-electron chi connectivity index (χ1n) is 7.84. The third kappa shape index (κ3) is 4.78. The molecule has 0 spiro atoms. The molecule has 2 aromatic rings. The fourth-order valence-electron chi connectivity index (χ4n) is 2.22. The van der Waals surface area contributed by atoms with E-state index in [4.69, 9.17) is 12.2 Å². The van der Waals surface area contributed by atoms with Gasteiger partial charge in [0.25, 0.3) is 17.7 Å². The Morgan fingerprint density at radius 2 is 1.81 bits per heavy atom. The summed E-state index contributed by atoms with van der Waals surface area (Å²) in [5.41, 5.74) is 5.77. The number of aromatic nitrogens is 1. The highest BCUT2D eigenvalue weighted by Crippen LogP contribution is 2.32. The van der Waals surface area contributed by atoms with E-state index in [-0.39, 0.29) is 16.8 Å². The number of thiocarbonyl (C=S) groups is 1. The second-order valence-electron chi connectivity index (χ2n) is 5.42. The second-order valence-corrected chi connectivity index (χ2v) is 7.09. The molecule has 0 radical (unpaired) electrons. The molecule has 7 nitrogen and oxygen atoms in total. The molecule has 3 rings (SSSR count). The summed E-state index contributed by atoms with van der Waals surface area (Å²) < 4.78 is 0.290. The lowest BCUT2D eigenvalue weighted by molar-refractivity contribution is -0.129. The molecule has 3 amide bonds. The van der Waals surface area contributed by atoms with Gasteiger partial charge in [0.05, 0.1) is 4.91 Å². The lowest BCUT2D eigenvalue weighted by Crippen LogP contribution is -2.47. The van der Waals surface area contributed by atoms with Gasteiger partial charge in [-0.05, 0) is 23.8 Å².